The lowest BCUT2D eigenvalue weighted by Gasteiger charge is -2.05. The molecule has 2 N–H and O–H groups in total. The summed E-state index contributed by atoms with van der Waals surface area (Å²) < 4.78 is 1.00. The van der Waals surface area contributed by atoms with Gasteiger partial charge in [-0.1, -0.05) is 28.1 Å². The molecule has 0 fully saturated rings. The quantitative estimate of drug-likeness (QED) is 0.588. The standard InChI is InChI=1S/C12H15BrN2O2/c13-11-4-2-10(3-5-11)8-12(17)15-7-1-6-14-9-16/h2-5,9H,1,6-8H2,(H,14,16)(H,15,17). The van der Waals surface area contributed by atoms with Gasteiger partial charge in [-0.3, -0.25) is 9.59 Å². The van der Waals surface area contributed by atoms with Crippen molar-refractivity contribution in [3.8, 4) is 0 Å². The molecule has 17 heavy (non-hydrogen) atoms. The van der Waals surface area contributed by atoms with Crippen LogP contribution < -0.4 is 10.6 Å². The van der Waals surface area contributed by atoms with Gasteiger partial charge in [-0.25, -0.2) is 0 Å². The summed E-state index contributed by atoms with van der Waals surface area (Å²) in [7, 11) is 0. The fraction of sp³-hybridized carbons (Fsp3) is 0.333. The first-order chi connectivity index (χ1) is 8.22. The number of hydrogen-bond acceptors (Lipinski definition) is 2. The summed E-state index contributed by atoms with van der Waals surface area (Å²) in [5, 5.41) is 5.34. The minimum atomic E-state index is -0.00146. The maximum atomic E-state index is 11.5. The van der Waals surface area contributed by atoms with Gasteiger partial charge in [0.15, 0.2) is 0 Å². The monoisotopic (exact) mass is 298 g/mol. The van der Waals surface area contributed by atoms with Crippen molar-refractivity contribution < 1.29 is 9.59 Å². The summed E-state index contributed by atoms with van der Waals surface area (Å²) in [5.74, 6) is -0.00146. The fourth-order valence-electron chi connectivity index (χ4n) is 1.33. The van der Waals surface area contributed by atoms with E-state index in [2.05, 4.69) is 26.6 Å². The zero-order valence-corrected chi connectivity index (χ0v) is 11.0. The molecule has 0 saturated carbocycles. The van der Waals surface area contributed by atoms with Crippen LogP contribution in [0.1, 0.15) is 12.0 Å². The molecule has 0 aliphatic heterocycles. The first-order valence-electron chi connectivity index (χ1n) is 5.40. The topological polar surface area (TPSA) is 58.2 Å². The van der Waals surface area contributed by atoms with Crippen LogP contribution in [0.15, 0.2) is 28.7 Å². The van der Waals surface area contributed by atoms with E-state index in [1.165, 1.54) is 0 Å². The normalized spacial score (nSPS) is 9.71. The van der Waals surface area contributed by atoms with Crippen LogP contribution in [0.4, 0.5) is 0 Å². The van der Waals surface area contributed by atoms with Crippen molar-refractivity contribution in [1.29, 1.82) is 0 Å². The predicted octanol–water partition coefficient (Wildman–Crippen LogP) is 1.24. The molecular formula is C12H15BrN2O2. The summed E-state index contributed by atoms with van der Waals surface area (Å²) in [5.41, 5.74) is 0.983. The molecule has 0 atom stereocenters. The molecule has 0 aliphatic rings. The highest BCUT2D eigenvalue weighted by molar-refractivity contribution is 9.10. The Morgan fingerprint density at radius 1 is 1.24 bits per heavy atom. The fourth-order valence-corrected chi connectivity index (χ4v) is 1.59. The molecule has 1 aromatic rings. The zero-order valence-electron chi connectivity index (χ0n) is 9.41. The van der Waals surface area contributed by atoms with Gasteiger partial charge in [0.1, 0.15) is 0 Å². The molecular weight excluding hydrogens is 284 g/mol. The Labute approximate surface area is 109 Å². The van der Waals surface area contributed by atoms with Crippen molar-refractivity contribution in [2.45, 2.75) is 12.8 Å². The van der Waals surface area contributed by atoms with Gasteiger partial charge in [0.05, 0.1) is 6.42 Å². The average Bonchev–Trinajstić information content (AvgIpc) is 2.32. The molecule has 0 heterocycles. The van der Waals surface area contributed by atoms with E-state index in [4.69, 9.17) is 0 Å². The maximum Gasteiger partial charge on any atom is 0.224 e. The lowest BCUT2D eigenvalue weighted by atomic mass is 10.1. The molecule has 0 unspecified atom stereocenters. The van der Waals surface area contributed by atoms with Crippen molar-refractivity contribution >= 4 is 28.2 Å². The lowest BCUT2D eigenvalue weighted by molar-refractivity contribution is -0.120. The van der Waals surface area contributed by atoms with Gasteiger partial charge in [0.2, 0.25) is 12.3 Å². The predicted molar refractivity (Wildman–Crippen MR) is 69.5 cm³/mol. The second kappa shape index (κ2) is 7.84. The molecule has 1 aromatic carbocycles. The first-order valence-corrected chi connectivity index (χ1v) is 6.20. The van der Waals surface area contributed by atoms with Crippen molar-refractivity contribution in [3.05, 3.63) is 34.3 Å². The van der Waals surface area contributed by atoms with Gasteiger partial charge in [-0.2, -0.15) is 0 Å². The van der Waals surface area contributed by atoms with Crippen LogP contribution in [0.2, 0.25) is 0 Å². The maximum absolute atomic E-state index is 11.5. The number of carbonyl (C=O) groups is 2. The summed E-state index contributed by atoms with van der Waals surface area (Å²) in [6.07, 6.45) is 1.78. The largest absolute Gasteiger partial charge is 0.359 e. The van der Waals surface area contributed by atoms with Crippen LogP contribution in [-0.4, -0.2) is 25.4 Å². The number of nitrogens with one attached hydrogen (secondary N) is 2. The Morgan fingerprint density at radius 2 is 1.94 bits per heavy atom. The van der Waals surface area contributed by atoms with Gasteiger partial charge in [-0.15, -0.1) is 0 Å². The zero-order chi connectivity index (χ0) is 12.5. The smallest absolute Gasteiger partial charge is 0.224 e. The highest BCUT2D eigenvalue weighted by atomic mass is 79.9. The Hall–Kier alpha value is -1.36. The molecule has 5 heteroatoms. The molecule has 0 radical (unpaired) electrons. The van der Waals surface area contributed by atoms with Crippen LogP contribution in [0.5, 0.6) is 0 Å². The Morgan fingerprint density at radius 3 is 2.59 bits per heavy atom. The molecule has 0 aromatic heterocycles. The molecule has 0 aliphatic carbocycles. The highest BCUT2D eigenvalue weighted by Gasteiger charge is 2.02. The molecule has 2 amide bonds. The van der Waals surface area contributed by atoms with E-state index in [1.807, 2.05) is 24.3 Å². The molecule has 0 spiro atoms. The number of benzene rings is 1. The van der Waals surface area contributed by atoms with E-state index < -0.39 is 0 Å². The highest BCUT2D eigenvalue weighted by Crippen LogP contribution is 2.10. The van der Waals surface area contributed by atoms with E-state index >= 15 is 0 Å². The van der Waals surface area contributed by atoms with Crippen LogP contribution in [0.3, 0.4) is 0 Å². The minimum Gasteiger partial charge on any atom is -0.359 e. The second-order valence-corrected chi connectivity index (χ2v) is 4.49. The van der Waals surface area contributed by atoms with Crippen molar-refractivity contribution in [3.63, 3.8) is 0 Å². The first kappa shape index (κ1) is 13.7. The van der Waals surface area contributed by atoms with Crippen LogP contribution >= 0.6 is 15.9 Å². The van der Waals surface area contributed by atoms with E-state index in [9.17, 15) is 9.59 Å². The van der Waals surface area contributed by atoms with Gasteiger partial charge in [0.25, 0.3) is 0 Å². The van der Waals surface area contributed by atoms with E-state index in [-0.39, 0.29) is 5.91 Å². The number of carbonyl (C=O) groups excluding carboxylic acids is 2. The second-order valence-electron chi connectivity index (χ2n) is 3.58. The molecule has 92 valence electrons. The van der Waals surface area contributed by atoms with Crippen molar-refractivity contribution in [1.82, 2.24) is 10.6 Å². The number of rotatable bonds is 7. The number of amides is 2. The van der Waals surface area contributed by atoms with Crippen LogP contribution in [0, 0.1) is 0 Å². The molecule has 1 rings (SSSR count). The number of hydrogen-bond donors (Lipinski definition) is 2. The van der Waals surface area contributed by atoms with Crippen molar-refractivity contribution in [2.75, 3.05) is 13.1 Å². The molecule has 4 nitrogen and oxygen atoms in total. The third kappa shape index (κ3) is 6.06. The Bertz CT molecular complexity index is 365. The van der Waals surface area contributed by atoms with Gasteiger partial charge in [-0.05, 0) is 24.1 Å². The van der Waals surface area contributed by atoms with Crippen molar-refractivity contribution in [2.24, 2.45) is 0 Å². The summed E-state index contributed by atoms with van der Waals surface area (Å²) in [6, 6.07) is 7.66. The van der Waals surface area contributed by atoms with E-state index in [1.54, 1.807) is 0 Å². The number of halogens is 1. The molecule has 0 saturated heterocycles. The SMILES string of the molecule is O=CNCCCNC(=O)Cc1ccc(Br)cc1. The Kier molecular flexibility index (Phi) is 6.32. The minimum absolute atomic E-state index is 0.00146. The van der Waals surface area contributed by atoms with Gasteiger partial charge < -0.3 is 10.6 Å². The van der Waals surface area contributed by atoms with Crippen LogP contribution in [-0.2, 0) is 16.0 Å². The van der Waals surface area contributed by atoms with Gasteiger partial charge in [0, 0.05) is 17.6 Å². The summed E-state index contributed by atoms with van der Waals surface area (Å²) in [6.45, 7) is 1.16. The van der Waals surface area contributed by atoms with Crippen LogP contribution in [0.25, 0.3) is 0 Å². The van der Waals surface area contributed by atoms with E-state index in [0.717, 1.165) is 16.5 Å². The average molecular weight is 299 g/mol. The third-order valence-electron chi connectivity index (χ3n) is 2.18. The lowest BCUT2D eigenvalue weighted by Crippen LogP contribution is -2.28. The van der Waals surface area contributed by atoms with Gasteiger partial charge >= 0.3 is 0 Å². The Balaban J connectivity index is 2.20. The summed E-state index contributed by atoms with van der Waals surface area (Å²) in [4.78, 5) is 21.5. The summed E-state index contributed by atoms with van der Waals surface area (Å²) >= 11 is 3.34. The third-order valence-corrected chi connectivity index (χ3v) is 2.71. The molecule has 0 bridgehead atoms. The van der Waals surface area contributed by atoms with E-state index in [0.29, 0.717) is 25.9 Å².